The lowest BCUT2D eigenvalue weighted by Gasteiger charge is -2.50. The zero-order valence-corrected chi connectivity index (χ0v) is 16.4. The molecular formula is C22H27N3O3. The summed E-state index contributed by atoms with van der Waals surface area (Å²) in [5.74, 6) is 0.243. The Morgan fingerprint density at radius 2 is 1.89 bits per heavy atom. The molecule has 2 aliphatic heterocycles. The number of benzene rings is 1. The van der Waals surface area contributed by atoms with Crippen molar-refractivity contribution in [3.63, 3.8) is 0 Å². The molecule has 28 heavy (non-hydrogen) atoms. The van der Waals surface area contributed by atoms with Crippen LogP contribution in [0.1, 0.15) is 30.0 Å². The summed E-state index contributed by atoms with van der Waals surface area (Å²) in [6.45, 7) is 7.50. The van der Waals surface area contributed by atoms with Crippen molar-refractivity contribution >= 4 is 11.8 Å². The van der Waals surface area contributed by atoms with Gasteiger partial charge in [0.25, 0.3) is 5.91 Å². The van der Waals surface area contributed by atoms with Gasteiger partial charge in [0.05, 0.1) is 12.2 Å². The van der Waals surface area contributed by atoms with Gasteiger partial charge in [0.1, 0.15) is 0 Å². The van der Waals surface area contributed by atoms with E-state index in [9.17, 15) is 9.59 Å². The molecule has 0 bridgehead atoms. The van der Waals surface area contributed by atoms with Crippen LogP contribution in [0.25, 0.3) is 0 Å². The minimum Gasteiger partial charge on any atom is -0.459 e. The largest absolute Gasteiger partial charge is 0.459 e. The maximum absolute atomic E-state index is 12.9. The molecule has 3 heterocycles. The number of carbonyl (C=O) groups excluding carboxylic acids is 2. The summed E-state index contributed by atoms with van der Waals surface area (Å²) >= 11 is 0. The Hall–Kier alpha value is -2.60. The molecule has 1 aromatic heterocycles. The van der Waals surface area contributed by atoms with Crippen molar-refractivity contribution in [2.45, 2.75) is 26.4 Å². The molecule has 2 amide bonds. The summed E-state index contributed by atoms with van der Waals surface area (Å²) in [7, 11) is 0. The molecule has 1 aromatic carbocycles. The summed E-state index contributed by atoms with van der Waals surface area (Å²) in [5, 5.41) is 3.08. The molecule has 6 nitrogen and oxygen atoms in total. The number of nitrogens with zero attached hydrogens (tertiary/aromatic N) is 2. The molecule has 0 aliphatic carbocycles. The summed E-state index contributed by atoms with van der Waals surface area (Å²) in [4.78, 5) is 29.6. The van der Waals surface area contributed by atoms with Gasteiger partial charge < -0.3 is 14.6 Å². The predicted octanol–water partition coefficient (Wildman–Crippen LogP) is 2.38. The lowest BCUT2D eigenvalue weighted by atomic mass is 9.71. The number of amides is 2. The molecule has 4 rings (SSSR count). The third kappa shape index (κ3) is 3.56. The van der Waals surface area contributed by atoms with Crippen LogP contribution in [0, 0.1) is 11.3 Å². The number of hydrogen-bond acceptors (Lipinski definition) is 4. The van der Waals surface area contributed by atoms with Crippen molar-refractivity contribution in [2.24, 2.45) is 11.3 Å². The van der Waals surface area contributed by atoms with Crippen LogP contribution in [-0.2, 0) is 11.3 Å². The van der Waals surface area contributed by atoms with Crippen molar-refractivity contribution in [3.05, 3.63) is 60.1 Å². The van der Waals surface area contributed by atoms with Crippen molar-refractivity contribution in [3.8, 4) is 0 Å². The normalized spacial score (nSPS) is 21.1. The van der Waals surface area contributed by atoms with E-state index in [0.717, 1.165) is 19.6 Å². The first-order chi connectivity index (χ1) is 13.5. The van der Waals surface area contributed by atoms with Crippen LogP contribution in [-0.4, -0.2) is 53.8 Å². The van der Waals surface area contributed by atoms with Gasteiger partial charge in [-0.15, -0.1) is 0 Å². The number of carbonyl (C=O) groups is 2. The number of rotatable bonds is 5. The van der Waals surface area contributed by atoms with Crippen LogP contribution >= 0.6 is 0 Å². The SMILES string of the molecule is CC(C)NC(=O)C1CN(Cc2ccccc2)CC12CN(C(=O)c1ccco1)C2. The Labute approximate surface area is 165 Å². The molecule has 0 radical (unpaired) electrons. The number of furan rings is 1. The van der Waals surface area contributed by atoms with E-state index in [1.165, 1.54) is 11.8 Å². The smallest absolute Gasteiger partial charge is 0.289 e. The second-order valence-corrected chi connectivity index (χ2v) is 8.37. The first-order valence-corrected chi connectivity index (χ1v) is 9.86. The molecule has 2 aromatic rings. The van der Waals surface area contributed by atoms with Crippen molar-refractivity contribution < 1.29 is 14.0 Å². The van der Waals surface area contributed by atoms with Crippen molar-refractivity contribution in [2.75, 3.05) is 26.2 Å². The van der Waals surface area contributed by atoms with Gasteiger partial charge in [-0.3, -0.25) is 14.5 Å². The zero-order chi connectivity index (χ0) is 19.7. The maximum Gasteiger partial charge on any atom is 0.289 e. The molecule has 1 atom stereocenters. The number of likely N-dealkylation sites (tertiary alicyclic amines) is 2. The van der Waals surface area contributed by atoms with Crippen LogP contribution in [0.15, 0.2) is 53.1 Å². The third-order valence-corrected chi connectivity index (χ3v) is 5.75. The highest BCUT2D eigenvalue weighted by Crippen LogP contribution is 2.45. The first kappa shape index (κ1) is 18.7. The molecule has 1 spiro atoms. The van der Waals surface area contributed by atoms with Crippen LogP contribution in [0.5, 0.6) is 0 Å². The zero-order valence-electron chi connectivity index (χ0n) is 16.4. The third-order valence-electron chi connectivity index (χ3n) is 5.75. The van der Waals surface area contributed by atoms with E-state index < -0.39 is 0 Å². The second-order valence-electron chi connectivity index (χ2n) is 8.37. The molecule has 1 N–H and O–H groups in total. The lowest BCUT2D eigenvalue weighted by Crippen LogP contribution is -2.64. The van der Waals surface area contributed by atoms with E-state index in [0.29, 0.717) is 18.8 Å². The standard InChI is InChI=1S/C22H27N3O3/c1-16(2)23-20(26)18-12-24(11-17-7-4-3-5-8-17)13-22(18)14-25(15-22)21(27)19-9-6-10-28-19/h3-10,16,18H,11-15H2,1-2H3,(H,23,26). The van der Waals surface area contributed by atoms with Crippen LogP contribution in [0.2, 0.25) is 0 Å². The molecule has 2 aliphatic rings. The fourth-order valence-corrected chi connectivity index (χ4v) is 4.51. The highest BCUT2D eigenvalue weighted by atomic mass is 16.3. The van der Waals surface area contributed by atoms with Crippen molar-refractivity contribution in [1.82, 2.24) is 15.1 Å². The number of hydrogen-bond donors (Lipinski definition) is 1. The van der Waals surface area contributed by atoms with E-state index in [-0.39, 0.29) is 29.2 Å². The van der Waals surface area contributed by atoms with Gasteiger partial charge in [0.2, 0.25) is 5.91 Å². The molecular weight excluding hydrogens is 354 g/mol. The van der Waals surface area contributed by atoms with Gasteiger partial charge in [-0.25, -0.2) is 0 Å². The van der Waals surface area contributed by atoms with Crippen LogP contribution in [0.3, 0.4) is 0 Å². The summed E-state index contributed by atoms with van der Waals surface area (Å²) in [5.41, 5.74) is 1.06. The lowest BCUT2D eigenvalue weighted by molar-refractivity contribution is -0.131. The Morgan fingerprint density at radius 3 is 2.54 bits per heavy atom. The quantitative estimate of drug-likeness (QED) is 0.864. The van der Waals surface area contributed by atoms with E-state index >= 15 is 0 Å². The van der Waals surface area contributed by atoms with Gasteiger partial charge >= 0.3 is 0 Å². The Balaban J connectivity index is 1.48. The van der Waals surface area contributed by atoms with Crippen molar-refractivity contribution in [1.29, 1.82) is 0 Å². The van der Waals surface area contributed by atoms with E-state index in [4.69, 9.17) is 4.42 Å². The number of nitrogens with one attached hydrogen (secondary N) is 1. The van der Waals surface area contributed by atoms with E-state index in [1.807, 2.05) is 32.0 Å². The predicted molar refractivity (Wildman–Crippen MR) is 106 cm³/mol. The first-order valence-electron chi connectivity index (χ1n) is 9.86. The van der Waals surface area contributed by atoms with Gasteiger partial charge in [-0.1, -0.05) is 30.3 Å². The fourth-order valence-electron chi connectivity index (χ4n) is 4.51. The Bertz CT molecular complexity index is 826. The summed E-state index contributed by atoms with van der Waals surface area (Å²) in [6.07, 6.45) is 1.51. The average molecular weight is 381 g/mol. The fraction of sp³-hybridized carbons (Fsp3) is 0.455. The Morgan fingerprint density at radius 1 is 1.14 bits per heavy atom. The monoisotopic (exact) mass is 381 g/mol. The molecule has 0 saturated carbocycles. The van der Waals surface area contributed by atoms with Crippen LogP contribution < -0.4 is 5.32 Å². The Kier molecular flexibility index (Phi) is 4.98. The average Bonchev–Trinajstić information content (AvgIpc) is 3.28. The van der Waals surface area contributed by atoms with Gasteiger partial charge in [0, 0.05) is 44.2 Å². The van der Waals surface area contributed by atoms with Gasteiger partial charge in [0.15, 0.2) is 5.76 Å². The van der Waals surface area contributed by atoms with Crippen LogP contribution in [0.4, 0.5) is 0 Å². The molecule has 148 valence electrons. The molecule has 1 unspecified atom stereocenters. The second kappa shape index (κ2) is 7.43. The minimum atomic E-state index is -0.185. The molecule has 2 saturated heterocycles. The highest BCUT2D eigenvalue weighted by Gasteiger charge is 2.58. The van der Waals surface area contributed by atoms with E-state index in [1.54, 1.807) is 17.0 Å². The summed E-state index contributed by atoms with van der Waals surface area (Å²) in [6, 6.07) is 13.8. The van der Waals surface area contributed by atoms with Gasteiger partial charge in [-0.05, 0) is 31.5 Å². The topological polar surface area (TPSA) is 65.8 Å². The minimum absolute atomic E-state index is 0.0932. The summed E-state index contributed by atoms with van der Waals surface area (Å²) < 4.78 is 5.25. The highest BCUT2D eigenvalue weighted by molar-refractivity contribution is 5.92. The van der Waals surface area contributed by atoms with E-state index in [2.05, 4.69) is 22.3 Å². The molecule has 6 heteroatoms. The maximum atomic E-state index is 12.9. The molecule has 2 fully saturated rings. The van der Waals surface area contributed by atoms with Gasteiger partial charge in [-0.2, -0.15) is 0 Å².